The molecule has 0 bridgehead atoms. The summed E-state index contributed by atoms with van der Waals surface area (Å²) in [5.41, 5.74) is 7.25. The first kappa shape index (κ1) is 19.8. The predicted molar refractivity (Wildman–Crippen MR) is 130 cm³/mol. The Morgan fingerprint density at radius 2 is 1.22 bits per heavy atom. The molecule has 0 heterocycles. The van der Waals surface area contributed by atoms with E-state index in [4.69, 9.17) is 5.73 Å². The van der Waals surface area contributed by atoms with Crippen LogP contribution in [0.15, 0.2) is 97.1 Å². The van der Waals surface area contributed by atoms with Crippen LogP contribution in [0, 0.1) is 0 Å². The zero-order valence-corrected chi connectivity index (χ0v) is 17.4. The molecular weight excluding hydrogens is 396 g/mol. The van der Waals surface area contributed by atoms with E-state index >= 15 is 0 Å². The highest BCUT2D eigenvalue weighted by Gasteiger charge is 2.23. The van der Waals surface area contributed by atoms with E-state index in [1.807, 2.05) is 91.0 Å². The third-order valence-corrected chi connectivity index (χ3v) is 5.95. The Labute approximate surface area is 185 Å². The molecule has 4 heteroatoms. The molecule has 0 spiro atoms. The van der Waals surface area contributed by atoms with E-state index in [2.05, 4.69) is 11.4 Å². The van der Waals surface area contributed by atoms with E-state index in [1.165, 1.54) is 0 Å². The second-order valence-corrected chi connectivity index (χ2v) is 7.96. The van der Waals surface area contributed by atoms with Crippen LogP contribution in [0.5, 0.6) is 0 Å². The largest absolute Gasteiger partial charge is 0.368 e. The number of hydrogen-bond acceptors (Lipinski definition) is 2. The van der Waals surface area contributed by atoms with Gasteiger partial charge in [0.2, 0.25) is 5.91 Å². The first-order chi connectivity index (χ1) is 15.6. The van der Waals surface area contributed by atoms with Crippen molar-refractivity contribution in [2.24, 2.45) is 5.73 Å². The second-order valence-electron chi connectivity index (χ2n) is 7.96. The molecule has 5 aromatic rings. The van der Waals surface area contributed by atoms with Crippen molar-refractivity contribution in [1.29, 1.82) is 0 Å². The molecule has 0 aliphatic rings. The Bertz CT molecular complexity index is 1430. The van der Waals surface area contributed by atoms with Crippen LogP contribution in [0.4, 0.5) is 0 Å². The van der Waals surface area contributed by atoms with Crippen molar-refractivity contribution in [1.82, 2.24) is 5.32 Å². The summed E-state index contributed by atoms with van der Waals surface area (Å²) in [5.74, 6) is -0.863. The summed E-state index contributed by atoms with van der Waals surface area (Å²) < 4.78 is 0. The number of primary amides is 1. The van der Waals surface area contributed by atoms with Crippen molar-refractivity contribution in [3.05, 3.63) is 108 Å². The Morgan fingerprint density at radius 1 is 0.688 bits per heavy atom. The van der Waals surface area contributed by atoms with E-state index in [0.29, 0.717) is 12.0 Å². The van der Waals surface area contributed by atoms with Gasteiger partial charge in [-0.2, -0.15) is 0 Å². The first-order valence-corrected chi connectivity index (χ1v) is 10.6. The number of nitrogens with one attached hydrogen (secondary N) is 1. The van der Waals surface area contributed by atoms with Crippen LogP contribution in [0.3, 0.4) is 0 Å². The van der Waals surface area contributed by atoms with Crippen molar-refractivity contribution in [2.75, 3.05) is 0 Å². The molecule has 156 valence electrons. The van der Waals surface area contributed by atoms with E-state index in [1.54, 1.807) is 0 Å². The summed E-state index contributed by atoms with van der Waals surface area (Å²) in [7, 11) is 0. The number of rotatable bonds is 5. The minimum absolute atomic E-state index is 0.304. The molecule has 0 aliphatic carbocycles. The number of fused-ring (bicyclic) bond motifs is 3. The highest BCUT2D eigenvalue weighted by Crippen LogP contribution is 2.28. The highest BCUT2D eigenvalue weighted by atomic mass is 16.2. The van der Waals surface area contributed by atoms with Crippen LogP contribution >= 0.6 is 0 Å². The molecule has 0 saturated carbocycles. The number of carbonyl (C=O) groups excluding carboxylic acids is 2. The van der Waals surface area contributed by atoms with Crippen molar-refractivity contribution >= 4 is 44.1 Å². The first-order valence-electron chi connectivity index (χ1n) is 10.6. The molecule has 2 amide bonds. The topological polar surface area (TPSA) is 72.2 Å². The molecule has 5 aromatic carbocycles. The van der Waals surface area contributed by atoms with Crippen LogP contribution in [-0.4, -0.2) is 17.9 Å². The summed E-state index contributed by atoms with van der Waals surface area (Å²) in [6.07, 6.45) is 0.325. The van der Waals surface area contributed by atoms with Gasteiger partial charge in [-0.15, -0.1) is 0 Å². The molecule has 0 fully saturated rings. The van der Waals surface area contributed by atoms with Crippen molar-refractivity contribution in [3.63, 3.8) is 0 Å². The summed E-state index contributed by atoms with van der Waals surface area (Å²) >= 11 is 0. The lowest BCUT2D eigenvalue weighted by molar-refractivity contribution is -0.119. The van der Waals surface area contributed by atoms with Gasteiger partial charge in [-0.05, 0) is 43.9 Å². The van der Waals surface area contributed by atoms with Crippen LogP contribution in [-0.2, 0) is 11.2 Å². The van der Waals surface area contributed by atoms with Crippen LogP contribution in [0.25, 0.3) is 32.3 Å². The molecule has 32 heavy (non-hydrogen) atoms. The third kappa shape index (κ3) is 3.56. The molecule has 4 nitrogen and oxygen atoms in total. The average Bonchev–Trinajstić information content (AvgIpc) is 2.82. The highest BCUT2D eigenvalue weighted by molar-refractivity contribution is 6.18. The molecule has 1 atom stereocenters. The molecule has 5 rings (SSSR count). The van der Waals surface area contributed by atoms with Gasteiger partial charge in [0.15, 0.2) is 0 Å². The Kier molecular flexibility index (Phi) is 5.04. The minimum atomic E-state index is -0.828. The SMILES string of the molecule is NC(=O)[C@@H](Cc1cccc2ccccc12)NC(=O)c1c2ccccc2cc2ccccc12. The number of nitrogens with two attached hydrogens (primary N) is 1. The van der Waals surface area contributed by atoms with Crippen molar-refractivity contribution in [3.8, 4) is 0 Å². The molecule has 0 unspecified atom stereocenters. The summed E-state index contributed by atoms with van der Waals surface area (Å²) in [4.78, 5) is 25.9. The van der Waals surface area contributed by atoms with Crippen LogP contribution < -0.4 is 11.1 Å². The molecule has 0 aromatic heterocycles. The number of amides is 2. The standard InChI is InChI=1S/C28H22N2O2/c29-27(31)25(17-21-12-7-11-18-8-1-4-13-22(18)21)30-28(32)26-23-14-5-2-9-19(23)16-20-10-3-6-15-24(20)26/h1-16,25H,17H2,(H2,29,31)(H,30,32)/t25-/m1/s1. The number of carbonyl (C=O) groups is 2. The second kappa shape index (κ2) is 8.16. The smallest absolute Gasteiger partial charge is 0.253 e. The van der Waals surface area contributed by atoms with E-state index in [0.717, 1.165) is 37.9 Å². The lowest BCUT2D eigenvalue weighted by Crippen LogP contribution is -2.46. The Morgan fingerprint density at radius 3 is 1.84 bits per heavy atom. The fourth-order valence-electron chi connectivity index (χ4n) is 4.40. The van der Waals surface area contributed by atoms with E-state index in [-0.39, 0.29) is 5.91 Å². The monoisotopic (exact) mass is 418 g/mol. The van der Waals surface area contributed by atoms with Gasteiger partial charge in [0.1, 0.15) is 6.04 Å². The maximum atomic E-state index is 13.5. The molecule has 0 radical (unpaired) electrons. The van der Waals surface area contributed by atoms with Gasteiger partial charge in [-0.25, -0.2) is 0 Å². The lowest BCUT2D eigenvalue weighted by atomic mass is 9.95. The normalized spacial score (nSPS) is 12.1. The van der Waals surface area contributed by atoms with Gasteiger partial charge in [0.05, 0.1) is 5.56 Å². The minimum Gasteiger partial charge on any atom is -0.368 e. The molecule has 0 saturated heterocycles. The predicted octanol–water partition coefficient (Wildman–Crippen LogP) is 4.97. The zero-order chi connectivity index (χ0) is 22.1. The van der Waals surface area contributed by atoms with Gasteiger partial charge in [-0.1, -0.05) is 91.0 Å². The third-order valence-electron chi connectivity index (χ3n) is 5.95. The maximum absolute atomic E-state index is 13.5. The number of benzene rings is 5. The summed E-state index contributed by atoms with van der Waals surface area (Å²) in [6.45, 7) is 0. The zero-order valence-electron chi connectivity index (χ0n) is 17.4. The Balaban J connectivity index is 1.55. The van der Waals surface area contributed by atoms with Gasteiger partial charge in [0.25, 0.3) is 5.91 Å². The summed E-state index contributed by atoms with van der Waals surface area (Å²) in [6, 6.07) is 30.7. The van der Waals surface area contributed by atoms with Gasteiger partial charge < -0.3 is 11.1 Å². The Hall–Kier alpha value is -4.18. The molecule has 3 N–H and O–H groups in total. The number of hydrogen-bond donors (Lipinski definition) is 2. The maximum Gasteiger partial charge on any atom is 0.253 e. The lowest BCUT2D eigenvalue weighted by Gasteiger charge is -2.18. The van der Waals surface area contributed by atoms with E-state index < -0.39 is 11.9 Å². The van der Waals surface area contributed by atoms with Gasteiger partial charge in [-0.3, -0.25) is 9.59 Å². The van der Waals surface area contributed by atoms with Crippen molar-refractivity contribution in [2.45, 2.75) is 12.5 Å². The summed E-state index contributed by atoms with van der Waals surface area (Å²) in [5, 5.41) is 8.68. The van der Waals surface area contributed by atoms with Gasteiger partial charge in [0, 0.05) is 6.42 Å². The van der Waals surface area contributed by atoms with Gasteiger partial charge >= 0.3 is 0 Å². The van der Waals surface area contributed by atoms with Crippen LogP contribution in [0.2, 0.25) is 0 Å². The molecular formula is C28H22N2O2. The van der Waals surface area contributed by atoms with Crippen LogP contribution in [0.1, 0.15) is 15.9 Å². The molecule has 0 aliphatic heterocycles. The van der Waals surface area contributed by atoms with Crippen molar-refractivity contribution < 1.29 is 9.59 Å². The fraction of sp³-hybridized carbons (Fsp3) is 0.0714. The fourth-order valence-corrected chi connectivity index (χ4v) is 4.40. The quantitative estimate of drug-likeness (QED) is 0.396. The average molecular weight is 418 g/mol. The van der Waals surface area contributed by atoms with E-state index in [9.17, 15) is 9.59 Å².